The van der Waals surface area contributed by atoms with Gasteiger partial charge >= 0.3 is 6.09 Å². The monoisotopic (exact) mass is 536 g/mol. The Bertz CT molecular complexity index is 1510. The van der Waals surface area contributed by atoms with Gasteiger partial charge in [0.05, 0.1) is 12.7 Å². The van der Waals surface area contributed by atoms with Gasteiger partial charge in [-0.25, -0.2) is 4.79 Å². The number of nitrogens with two attached hydrogens (primary N) is 1. The molecule has 3 unspecified atom stereocenters. The zero-order valence-electron chi connectivity index (χ0n) is 20.6. The van der Waals surface area contributed by atoms with E-state index in [1.165, 1.54) is 31.4 Å². The van der Waals surface area contributed by atoms with Crippen molar-refractivity contribution in [3.63, 3.8) is 0 Å². The molecule has 39 heavy (non-hydrogen) atoms. The van der Waals surface area contributed by atoms with E-state index in [2.05, 4.69) is 5.32 Å². The number of Topliss-reactive ketones (excluding diaryl/α,β-unsaturated/α-hetero) is 2. The molecule has 2 amide bonds. The number of carbonyl (C=O) groups is 4. The average molecular weight is 536 g/mol. The summed E-state index contributed by atoms with van der Waals surface area (Å²) in [5, 5.41) is 46.2. The van der Waals surface area contributed by atoms with Crippen LogP contribution in [0, 0.1) is 11.8 Å². The number of ether oxygens (including phenoxy) is 2. The Balaban J connectivity index is 1.51. The number of methoxy groups -OCH3 is 1. The lowest BCUT2D eigenvalue weighted by atomic mass is 9.59. The number of benzene rings is 2. The topological polar surface area (TPSA) is 206 Å². The molecule has 1 fully saturated rings. The molecule has 3 aliphatic carbocycles. The van der Waals surface area contributed by atoms with E-state index in [9.17, 15) is 39.6 Å². The Morgan fingerprint density at radius 1 is 1.03 bits per heavy atom. The van der Waals surface area contributed by atoms with Gasteiger partial charge in [-0.3, -0.25) is 19.7 Å². The van der Waals surface area contributed by atoms with Gasteiger partial charge in [0.2, 0.25) is 5.78 Å². The molecule has 0 spiro atoms. The summed E-state index contributed by atoms with van der Waals surface area (Å²) >= 11 is 0. The summed E-state index contributed by atoms with van der Waals surface area (Å²) in [5.41, 5.74) is 1.74. The second-order valence-corrected chi connectivity index (χ2v) is 9.58. The minimum atomic E-state index is -2.65. The van der Waals surface area contributed by atoms with Crippen molar-refractivity contribution in [1.29, 1.82) is 0 Å². The molecule has 2 aromatic carbocycles. The number of nitrogens with one attached hydrogen (secondary N) is 1. The van der Waals surface area contributed by atoms with Gasteiger partial charge in [-0.1, -0.05) is 0 Å². The van der Waals surface area contributed by atoms with E-state index < -0.39 is 70.3 Å². The Morgan fingerprint density at radius 2 is 1.69 bits per heavy atom. The molecule has 0 radical (unpaired) electrons. The number of rotatable bonds is 4. The largest absolute Gasteiger partial charge is 0.508 e. The van der Waals surface area contributed by atoms with E-state index in [4.69, 9.17) is 15.2 Å². The zero-order chi connectivity index (χ0) is 28.2. The summed E-state index contributed by atoms with van der Waals surface area (Å²) in [5.74, 6) is -6.46. The van der Waals surface area contributed by atoms with Crippen LogP contribution in [0.15, 0.2) is 53.3 Å². The molecular weight excluding hydrogens is 512 g/mol. The molecule has 0 bridgehead atoms. The molecule has 3 atom stereocenters. The molecule has 2 aromatic rings. The number of fused-ring (bicyclic) bond motifs is 3. The van der Waals surface area contributed by atoms with Gasteiger partial charge in [0, 0.05) is 23.6 Å². The van der Waals surface area contributed by atoms with Crippen molar-refractivity contribution in [1.82, 2.24) is 0 Å². The van der Waals surface area contributed by atoms with E-state index in [1.807, 2.05) is 0 Å². The molecular formula is C27H24N2O10. The average Bonchev–Trinajstić information content (AvgIpc) is 2.88. The number of hydrogen-bond donors (Lipinski definition) is 6. The lowest BCUT2D eigenvalue weighted by Crippen LogP contribution is -2.58. The van der Waals surface area contributed by atoms with Crippen molar-refractivity contribution >= 4 is 35.0 Å². The standard InChI is InChI=1S/C27H24N2O10/c1-38-13-2-4-14(5-3-13)39-26(36)29-16-6-7-17(30)20-15(16)9-11-8-12-10-18(31)21(25(28)35)24(34)27(12,37)23(33)19(11)22(20)32/h2-7,11-12,30,32,34,37H,8-10H2,1H3,(H2,28,35)(H,29,36). The van der Waals surface area contributed by atoms with Crippen LogP contribution in [0.1, 0.15) is 24.0 Å². The summed E-state index contributed by atoms with van der Waals surface area (Å²) in [4.78, 5) is 50.4. The molecule has 0 heterocycles. The second kappa shape index (κ2) is 9.17. The first kappa shape index (κ1) is 25.8. The van der Waals surface area contributed by atoms with Gasteiger partial charge < -0.3 is 35.6 Å². The Labute approximate surface area is 221 Å². The van der Waals surface area contributed by atoms with Crippen molar-refractivity contribution < 1.29 is 49.1 Å². The van der Waals surface area contributed by atoms with Gasteiger partial charge in [-0.15, -0.1) is 0 Å². The maximum atomic E-state index is 13.5. The quantitative estimate of drug-likeness (QED) is 0.248. The van der Waals surface area contributed by atoms with E-state index in [0.29, 0.717) is 11.3 Å². The fourth-order valence-electron chi connectivity index (χ4n) is 5.62. The number of hydrogen-bond acceptors (Lipinski definition) is 10. The molecule has 5 rings (SSSR count). The summed E-state index contributed by atoms with van der Waals surface area (Å²) < 4.78 is 10.4. The lowest BCUT2D eigenvalue weighted by molar-refractivity contribution is -0.147. The molecule has 12 heteroatoms. The number of carbonyl (C=O) groups excluding carboxylic acids is 4. The third-order valence-corrected chi connectivity index (χ3v) is 7.45. The summed E-state index contributed by atoms with van der Waals surface area (Å²) in [6, 6.07) is 8.86. The number of amides is 2. The number of primary amides is 1. The Hall–Kier alpha value is -4.84. The fourth-order valence-corrected chi connectivity index (χ4v) is 5.62. The van der Waals surface area contributed by atoms with Gasteiger partial charge in [0.1, 0.15) is 34.3 Å². The summed E-state index contributed by atoms with van der Waals surface area (Å²) in [6.07, 6.45) is -1.29. The van der Waals surface area contributed by atoms with Crippen molar-refractivity contribution in [2.45, 2.75) is 24.9 Å². The first-order valence-corrected chi connectivity index (χ1v) is 11.9. The van der Waals surface area contributed by atoms with Crippen molar-refractivity contribution in [2.24, 2.45) is 17.6 Å². The molecule has 7 N–H and O–H groups in total. The van der Waals surface area contributed by atoms with Crippen LogP contribution in [0.2, 0.25) is 0 Å². The van der Waals surface area contributed by atoms with Crippen molar-refractivity contribution in [3.8, 4) is 17.2 Å². The van der Waals surface area contributed by atoms with Crippen LogP contribution in [-0.4, -0.2) is 56.7 Å². The SMILES string of the molecule is COc1ccc(OC(=O)Nc2ccc(O)c3c2CC2CC4CC(=O)C(C(N)=O)=C(O)C4(O)C(=O)C2=C3O)cc1. The van der Waals surface area contributed by atoms with Crippen LogP contribution < -0.4 is 20.5 Å². The highest BCUT2D eigenvalue weighted by Gasteiger charge is 2.60. The minimum absolute atomic E-state index is 0.0287. The van der Waals surface area contributed by atoms with Crippen LogP contribution >= 0.6 is 0 Å². The first-order valence-electron chi connectivity index (χ1n) is 11.9. The summed E-state index contributed by atoms with van der Waals surface area (Å²) in [6.45, 7) is 0. The van der Waals surface area contributed by atoms with Crippen molar-refractivity contribution in [3.05, 3.63) is 64.4 Å². The highest BCUT2D eigenvalue weighted by molar-refractivity contribution is 6.22. The van der Waals surface area contributed by atoms with Crippen molar-refractivity contribution in [2.75, 3.05) is 12.4 Å². The number of anilines is 1. The number of aliphatic hydroxyl groups excluding tert-OH is 2. The highest BCUT2D eigenvalue weighted by Crippen LogP contribution is 2.52. The highest BCUT2D eigenvalue weighted by atomic mass is 16.6. The Kier molecular flexibility index (Phi) is 6.06. The van der Waals surface area contributed by atoms with Crippen LogP contribution in [-0.2, 0) is 20.8 Å². The maximum absolute atomic E-state index is 13.5. The second-order valence-electron chi connectivity index (χ2n) is 9.58. The number of ketones is 2. The van der Waals surface area contributed by atoms with E-state index in [0.717, 1.165) is 0 Å². The van der Waals surface area contributed by atoms with Gasteiger partial charge in [0.25, 0.3) is 5.91 Å². The predicted octanol–water partition coefficient (Wildman–Crippen LogP) is 2.04. The van der Waals surface area contributed by atoms with Crippen LogP contribution in [0.25, 0.3) is 5.76 Å². The fraction of sp³-hybridized carbons (Fsp3) is 0.259. The number of aromatic hydroxyl groups is 1. The number of phenols is 1. The predicted molar refractivity (Wildman–Crippen MR) is 134 cm³/mol. The Morgan fingerprint density at radius 3 is 2.33 bits per heavy atom. The molecule has 0 aliphatic heterocycles. The third-order valence-electron chi connectivity index (χ3n) is 7.45. The third kappa shape index (κ3) is 3.96. The normalized spacial score (nSPS) is 23.9. The summed E-state index contributed by atoms with van der Waals surface area (Å²) in [7, 11) is 1.50. The van der Waals surface area contributed by atoms with Crippen LogP contribution in [0.5, 0.6) is 17.2 Å². The zero-order valence-corrected chi connectivity index (χ0v) is 20.6. The van der Waals surface area contributed by atoms with E-state index in [-0.39, 0.29) is 35.4 Å². The molecule has 202 valence electrons. The molecule has 0 saturated heterocycles. The molecule has 3 aliphatic rings. The molecule has 0 aromatic heterocycles. The van der Waals surface area contributed by atoms with Gasteiger partial charge in [-0.2, -0.15) is 0 Å². The van der Waals surface area contributed by atoms with Gasteiger partial charge in [-0.05, 0) is 60.7 Å². The molecule has 12 nitrogen and oxygen atoms in total. The minimum Gasteiger partial charge on any atom is -0.508 e. The van der Waals surface area contributed by atoms with Gasteiger partial charge in [0.15, 0.2) is 11.4 Å². The van der Waals surface area contributed by atoms with E-state index >= 15 is 0 Å². The number of aliphatic hydroxyl groups is 3. The van der Waals surface area contributed by atoms with Crippen LogP contribution in [0.4, 0.5) is 10.5 Å². The maximum Gasteiger partial charge on any atom is 0.417 e. The first-order chi connectivity index (χ1) is 18.5. The van der Waals surface area contributed by atoms with E-state index in [1.54, 1.807) is 12.1 Å². The number of phenolic OH excluding ortho intramolecular Hbond substituents is 1. The lowest BCUT2D eigenvalue weighted by Gasteiger charge is -2.46. The smallest absolute Gasteiger partial charge is 0.417 e. The van der Waals surface area contributed by atoms with Crippen LogP contribution in [0.3, 0.4) is 0 Å². The molecule has 1 saturated carbocycles.